The van der Waals surface area contributed by atoms with E-state index in [0.29, 0.717) is 5.58 Å². The average Bonchev–Trinajstić information content (AvgIpc) is 2.48. The van der Waals surface area contributed by atoms with Crippen molar-refractivity contribution in [3.63, 3.8) is 0 Å². The monoisotopic (exact) mass is 287 g/mol. The van der Waals surface area contributed by atoms with Gasteiger partial charge in [-0.05, 0) is 44.5 Å². The zero-order chi connectivity index (χ0) is 14.8. The summed E-state index contributed by atoms with van der Waals surface area (Å²) in [6.07, 6.45) is 3.86. The molecule has 0 atom stereocenters. The zero-order valence-electron chi connectivity index (χ0n) is 12.6. The second kappa shape index (κ2) is 5.90. The van der Waals surface area contributed by atoms with Gasteiger partial charge in [-0.2, -0.15) is 0 Å². The Morgan fingerprint density at radius 2 is 1.95 bits per heavy atom. The van der Waals surface area contributed by atoms with Crippen molar-refractivity contribution in [2.24, 2.45) is 0 Å². The van der Waals surface area contributed by atoms with Gasteiger partial charge in [0.2, 0.25) is 0 Å². The Morgan fingerprint density at radius 1 is 1.19 bits per heavy atom. The first-order valence-electron chi connectivity index (χ1n) is 7.51. The molecule has 2 heterocycles. The molecule has 2 aromatic rings. The van der Waals surface area contributed by atoms with E-state index in [0.717, 1.165) is 41.9 Å². The first kappa shape index (κ1) is 14.1. The molecule has 0 radical (unpaired) electrons. The van der Waals surface area contributed by atoms with Gasteiger partial charge in [0.1, 0.15) is 11.3 Å². The van der Waals surface area contributed by atoms with Crippen molar-refractivity contribution in [1.29, 1.82) is 0 Å². The number of methoxy groups -OCH3 is 1. The second-order valence-electron chi connectivity index (χ2n) is 5.75. The molecule has 0 aliphatic carbocycles. The van der Waals surface area contributed by atoms with Crippen molar-refractivity contribution in [3.05, 3.63) is 39.7 Å². The molecule has 1 fully saturated rings. The summed E-state index contributed by atoms with van der Waals surface area (Å²) in [7, 11) is 1.66. The number of benzene rings is 1. The van der Waals surface area contributed by atoms with Crippen molar-refractivity contribution in [2.45, 2.75) is 32.7 Å². The first-order valence-corrected chi connectivity index (χ1v) is 7.51. The van der Waals surface area contributed by atoms with Crippen LogP contribution >= 0.6 is 0 Å². The number of nitrogens with zero attached hydrogens (tertiary/aromatic N) is 1. The van der Waals surface area contributed by atoms with Crippen LogP contribution in [0.2, 0.25) is 0 Å². The number of aryl methyl sites for hydroxylation is 1. The van der Waals surface area contributed by atoms with Gasteiger partial charge in [0.25, 0.3) is 0 Å². The van der Waals surface area contributed by atoms with Crippen LogP contribution in [0.25, 0.3) is 11.0 Å². The molecule has 4 heteroatoms. The Labute approximate surface area is 124 Å². The number of fused-ring (bicyclic) bond motifs is 1. The third-order valence-electron chi connectivity index (χ3n) is 4.19. The number of ether oxygens (including phenoxy) is 1. The average molecular weight is 287 g/mol. The van der Waals surface area contributed by atoms with Gasteiger partial charge in [-0.1, -0.05) is 6.42 Å². The molecule has 1 saturated heterocycles. The largest absolute Gasteiger partial charge is 0.496 e. The third kappa shape index (κ3) is 2.95. The summed E-state index contributed by atoms with van der Waals surface area (Å²) >= 11 is 0. The molecule has 0 spiro atoms. The maximum atomic E-state index is 11.5. The van der Waals surface area contributed by atoms with E-state index < -0.39 is 0 Å². The molecule has 0 saturated carbocycles. The smallest absolute Gasteiger partial charge is 0.336 e. The van der Waals surface area contributed by atoms with Gasteiger partial charge >= 0.3 is 5.63 Å². The van der Waals surface area contributed by atoms with Crippen LogP contribution < -0.4 is 10.4 Å². The molecule has 0 N–H and O–H groups in total. The number of piperidine rings is 1. The molecule has 1 aromatic carbocycles. The van der Waals surface area contributed by atoms with E-state index in [-0.39, 0.29) is 5.63 Å². The summed E-state index contributed by atoms with van der Waals surface area (Å²) < 4.78 is 10.8. The molecule has 21 heavy (non-hydrogen) atoms. The third-order valence-corrected chi connectivity index (χ3v) is 4.19. The normalized spacial score (nSPS) is 16.3. The maximum Gasteiger partial charge on any atom is 0.336 e. The SMILES string of the molecule is COc1cc2oc(=O)cc(C)c2cc1CN1CCCCC1. The minimum absolute atomic E-state index is 0.314. The summed E-state index contributed by atoms with van der Waals surface area (Å²) in [6, 6.07) is 5.48. The predicted octanol–water partition coefficient (Wildman–Crippen LogP) is 3.10. The Morgan fingerprint density at radius 3 is 2.67 bits per heavy atom. The van der Waals surface area contributed by atoms with Crippen LogP contribution in [0.4, 0.5) is 0 Å². The summed E-state index contributed by atoms with van der Waals surface area (Å²) in [6.45, 7) is 5.11. The van der Waals surface area contributed by atoms with Gasteiger partial charge in [-0.3, -0.25) is 4.90 Å². The summed E-state index contributed by atoms with van der Waals surface area (Å²) in [5, 5.41) is 0.988. The minimum Gasteiger partial charge on any atom is -0.496 e. The first-order chi connectivity index (χ1) is 10.2. The molecule has 1 aromatic heterocycles. The van der Waals surface area contributed by atoms with Gasteiger partial charge in [0.15, 0.2) is 0 Å². The van der Waals surface area contributed by atoms with Crippen LogP contribution in [-0.4, -0.2) is 25.1 Å². The van der Waals surface area contributed by atoms with Gasteiger partial charge in [0, 0.05) is 29.6 Å². The van der Waals surface area contributed by atoms with Gasteiger partial charge in [-0.15, -0.1) is 0 Å². The highest BCUT2D eigenvalue weighted by molar-refractivity contribution is 5.82. The van der Waals surface area contributed by atoms with Crippen molar-refractivity contribution in [1.82, 2.24) is 4.90 Å². The molecule has 0 amide bonds. The Bertz CT molecular complexity index is 699. The molecule has 112 valence electrons. The Balaban J connectivity index is 2.02. The van der Waals surface area contributed by atoms with Crippen LogP contribution in [0.5, 0.6) is 5.75 Å². The highest BCUT2D eigenvalue weighted by atomic mass is 16.5. The van der Waals surface area contributed by atoms with E-state index in [2.05, 4.69) is 11.0 Å². The molecular weight excluding hydrogens is 266 g/mol. The van der Waals surface area contributed by atoms with Gasteiger partial charge in [-0.25, -0.2) is 4.79 Å². The van der Waals surface area contributed by atoms with Gasteiger partial charge in [0.05, 0.1) is 7.11 Å². The fourth-order valence-corrected chi connectivity index (χ4v) is 3.06. The molecule has 1 aliphatic heterocycles. The standard InChI is InChI=1S/C17H21NO3/c1-12-8-17(19)21-16-10-15(20-2)13(9-14(12)16)11-18-6-4-3-5-7-18/h8-10H,3-7,11H2,1-2H3. The topological polar surface area (TPSA) is 42.7 Å². The number of likely N-dealkylation sites (tertiary alicyclic amines) is 1. The summed E-state index contributed by atoms with van der Waals surface area (Å²) in [5.41, 5.74) is 2.39. The van der Waals surface area contributed by atoms with E-state index >= 15 is 0 Å². The zero-order valence-corrected chi connectivity index (χ0v) is 12.6. The van der Waals surface area contributed by atoms with E-state index in [1.807, 2.05) is 13.0 Å². The van der Waals surface area contributed by atoms with Crippen LogP contribution in [0.15, 0.2) is 27.4 Å². The minimum atomic E-state index is -0.314. The van der Waals surface area contributed by atoms with Crippen molar-refractivity contribution < 1.29 is 9.15 Å². The molecule has 0 bridgehead atoms. The molecule has 4 nitrogen and oxygen atoms in total. The lowest BCUT2D eigenvalue weighted by atomic mass is 10.0. The predicted molar refractivity (Wildman–Crippen MR) is 82.9 cm³/mol. The van der Waals surface area contributed by atoms with E-state index in [1.54, 1.807) is 13.2 Å². The highest BCUT2D eigenvalue weighted by Crippen LogP contribution is 2.28. The Hall–Kier alpha value is -1.81. The molecule has 1 aliphatic rings. The van der Waals surface area contributed by atoms with Crippen LogP contribution in [0, 0.1) is 6.92 Å². The number of rotatable bonds is 3. The maximum absolute atomic E-state index is 11.5. The van der Waals surface area contributed by atoms with E-state index in [1.165, 1.54) is 19.3 Å². The van der Waals surface area contributed by atoms with Crippen molar-refractivity contribution >= 4 is 11.0 Å². The highest BCUT2D eigenvalue weighted by Gasteiger charge is 2.15. The van der Waals surface area contributed by atoms with Crippen LogP contribution in [0.3, 0.4) is 0 Å². The molecule has 0 unspecified atom stereocenters. The number of hydrogen-bond donors (Lipinski definition) is 0. The fraction of sp³-hybridized carbons (Fsp3) is 0.471. The molecular formula is C17H21NO3. The summed E-state index contributed by atoms with van der Waals surface area (Å²) in [5.74, 6) is 0.793. The number of hydrogen-bond acceptors (Lipinski definition) is 4. The van der Waals surface area contributed by atoms with Crippen LogP contribution in [-0.2, 0) is 6.54 Å². The van der Waals surface area contributed by atoms with E-state index in [9.17, 15) is 4.79 Å². The molecule has 3 rings (SSSR count). The lowest BCUT2D eigenvalue weighted by Crippen LogP contribution is -2.29. The van der Waals surface area contributed by atoms with Crippen molar-refractivity contribution in [2.75, 3.05) is 20.2 Å². The quantitative estimate of drug-likeness (QED) is 0.814. The second-order valence-corrected chi connectivity index (χ2v) is 5.75. The van der Waals surface area contributed by atoms with Gasteiger partial charge < -0.3 is 9.15 Å². The summed E-state index contributed by atoms with van der Waals surface area (Å²) in [4.78, 5) is 13.9. The van der Waals surface area contributed by atoms with Crippen LogP contribution in [0.1, 0.15) is 30.4 Å². The lowest BCUT2D eigenvalue weighted by molar-refractivity contribution is 0.218. The van der Waals surface area contributed by atoms with E-state index in [4.69, 9.17) is 9.15 Å². The Kier molecular flexibility index (Phi) is 3.97. The van der Waals surface area contributed by atoms with Crippen molar-refractivity contribution in [3.8, 4) is 5.75 Å². The lowest BCUT2D eigenvalue weighted by Gasteiger charge is -2.27. The fourth-order valence-electron chi connectivity index (χ4n) is 3.06.